The molecule has 0 radical (unpaired) electrons. The van der Waals surface area contributed by atoms with Crippen LogP contribution >= 0.6 is 22.6 Å². The predicted molar refractivity (Wildman–Crippen MR) is 120 cm³/mol. The minimum atomic E-state index is -3.67. The van der Waals surface area contributed by atoms with Gasteiger partial charge in [0.15, 0.2) is 0 Å². The molecule has 0 bridgehead atoms. The molecule has 8 heteroatoms. The highest BCUT2D eigenvalue weighted by Gasteiger charge is 2.33. The average Bonchev–Trinajstić information content (AvgIpc) is 3.30. The Labute approximate surface area is 181 Å². The molecule has 1 aliphatic heterocycles. The number of carbonyl (C=O) groups is 1. The number of sulfonamides is 1. The Hall–Kier alpha value is -0.870. The fraction of sp³-hybridized carbons (Fsp3) is 0.650. The lowest BCUT2D eigenvalue weighted by Crippen LogP contribution is -2.47. The molecule has 154 valence electrons. The van der Waals surface area contributed by atoms with Gasteiger partial charge in [0.05, 0.1) is 9.30 Å². The van der Waals surface area contributed by atoms with E-state index in [-0.39, 0.29) is 0 Å². The van der Waals surface area contributed by atoms with Crippen LogP contribution in [-0.2, 0) is 35.7 Å². The summed E-state index contributed by atoms with van der Waals surface area (Å²) in [7, 11) is -3.67. The number of anilines is 1. The van der Waals surface area contributed by atoms with E-state index in [9.17, 15) is 13.2 Å². The molecule has 0 spiro atoms. The molecule has 1 unspecified atom stereocenters. The van der Waals surface area contributed by atoms with Crippen molar-refractivity contribution in [1.82, 2.24) is 9.62 Å². The molecular formula is C20H28IN3O3S. The summed E-state index contributed by atoms with van der Waals surface area (Å²) in [5, 5.41) is 2.42. The van der Waals surface area contributed by atoms with Crippen LogP contribution in [0.4, 0.5) is 10.5 Å². The van der Waals surface area contributed by atoms with E-state index in [4.69, 9.17) is 0 Å². The zero-order valence-electron chi connectivity index (χ0n) is 16.3. The van der Waals surface area contributed by atoms with E-state index >= 15 is 0 Å². The fourth-order valence-corrected chi connectivity index (χ4v) is 6.73. The molecule has 2 amide bonds. The SMILES string of the molecule is CC(I)N1CCC(S(=O)(=O)NC(=O)Nc2c3c(cc4c2CCC4)CCC3)CC1. The van der Waals surface area contributed by atoms with Crippen molar-refractivity contribution in [3.63, 3.8) is 0 Å². The summed E-state index contributed by atoms with van der Waals surface area (Å²) in [6.45, 7) is 3.60. The molecule has 4 rings (SSSR count). The Kier molecular flexibility index (Phi) is 5.90. The van der Waals surface area contributed by atoms with Crippen molar-refractivity contribution < 1.29 is 13.2 Å². The summed E-state index contributed by atoms with van der Waals surface area (Å²) in [5.41, 5.74) is 5.93. The molecular weight excluding hydrogens is 489 g/mol. The van der Waals surface area contributed by atoms with Crippen LogP contribution in [0.25, 0.3) is 0 Å². The van der Waals surface area contributed by atoms with Crippen LogP contribution in [0.3, 0.4) is 0 Å². The van der Waals surface area contributed by atoms with Crippen molar-refractivity contribution in [2.45, 2.75) is 67.6 Å². The third kappa shape index (κ3) is 4.05. The van der Waals surface area contributed by atoms with E-state index in [2.05, 4.69) is 50.5 Å². The van der Waals surface area contributed by atoms with Crippen LogP contribution in [-0.4, -0.2) is 41.7 Å². The molecule has 1 atom stereocenters. The van der Waals surface area contributed by atoms with Gasteiger partial charge in [0.25, 0.3) is 0 Å². The van der Waals surface area contributed by atoms with Crippen LogP contribution in [0.1, 0.15) is 54.9 Å². The standard InChI is InChI=1S/C20H28IN3O3S/c1-13(21)24-10-8-16(9-11-24)28(26,27)23-20(25)22-19-17-6-2-4-14(17)12-15-5-3-7-18(15)19/h12-13,16H,2-11H2,1H3,(H2,22,23,25). The predicted octanol–water partition coefficient (Wildman–Crippen LogP) is 3.36. The van der Waals surface area contributed by atoms with Gasteiger partial charge in [-0.3, -0.25) is 4.90 Å². The molecule has 1 aromatic carbocycles. The zero-order chi connectivity index (χ0) is 19.9. The first-order valence-corrected chi connectivity index (χ1v) is 13.0. The molecule has 28 heavy (non-hydrogen) atoms. The molecule has 2 aliphatic carbocycles. The minimum absolute atomic E-state index is 0.389. The van der Waals surface area contributed by atoms with Gasteiger partial charge in [-0.15, -0.1) is 0 Å². The van der Waals surface area contributed by atoms with Gasteiger partial charge in [-0.2, -0.15) is 0 Å². The Bertz CT molecular complexity index is 845. The number of aryl methyl sites for hydroxylation is 2. The van der Waals surface area contributed by atoms with Gasteiger partial charge in [0.2, 0.25) is 10.0 Å². The van der Waals surface area contributed by atoms with Gasteiger partial charge >= 0.3 is 6.03 Å². The van der Waals surface area contributed by atoms with E-state index in [0.717, 1.165) is 57.3 Å². The molecule has 1 fully saturated rings. The van der Waals surface area contributed by atoms with E-state index in [1.807, 2.05) is 0 Å². The van der Waals surface area contributed by atoms with E-state index < -0.39 is 21.3 Å². The fourth-order valence-electron chi connectivity index (χ4n) is 4.86. The monoisotopic (exact) mass is 517 g/mol. The Morgan fingerprint density at radius 3 is 2.21 bits per heavy atom. The van der Waals surface area contributed by atoms with Crippen molar-refractivity contribution in [3.8, 4) is 0 Å². The first kappa shape index (κ1) is 20.4. The number of hydrogen-bond acceptors (Lipinski definition) is 4. The second-order valence-corrected chi connectivity index (χ2v) is 11.9. The second kappa shape index (κ2) is 8.10. The number of urea groups is 1. The van der Waals surface area contributed by atoms with Crippen LogP contribution in [0.2, 0.25) is 0 Å². The number of amides is 2. The lowest BCUT2D eigenvalue weighted by Gasteiger charge is -2.33. The largest absolute Gasteiger partial charge is 0.332 e. The van der Waals surface area contributed by atoms with Crippen molar-refractivity contribution in [2.75, 3.05) is 18.4 Å². The minimum Gasteiger partial charge on any atom is -0.307 e. The molecule has 0 saturated carbocycles. The normalized spacial score (nSPS) is 21.2. The topological polar surface area (TPSA) is 78.5 Å². The summed E-state index contributed by atoms with van der Waals surface area (Å²) >= 11 is 2.35. The van der Waals surface area contributed by atoms with Crippen LogP contribution in [0, 0.1) is 0 Å². The molecule has 1 aromatic rings. The lowest BCUT2D eigenvalue weighted by molar-refractivity contribution is 0.230. The molecule has 6 nitrogen and oxygen atoms in total. The number of fused-ring (bicyclic) bond motifs is 2. The molecule has 3 aliphatic rings. The Morgan fingerprint density at radius 2 is 1.68 bits per heavy atom. The van der Waals surface area contributed by atoms with Gasteiger partial charge in [-0.25, -0.2) is 17.9 Å². The van der Waals surface area contributed by atoms with Crippen molar-refractivity contribution in [2.24, 2.45) is 0 Å². The highest BCUT2D eigenvalue weighted by atomic mass is 127. The number of halogens is 1. The third-order valence-corrected chi connectivity index (χ3v) is 8.97. The number of alkyl halides is 1. The quantitative estimate of drug-likeness (QED) is 0.365. The molecule has 1 saturated heterocycles. The van der Waals surface area contributed by atoms with Crippen molar-refractivity contribution in [3.05, 3.63) is 28.3 Å². The number of nitrogens with one attached hydrogen (secondary N) is 2. The summed E-state index contributed by atoms with van der Waals surface area (Å²) in [5.74, 6) is 0. The highest BCUT2D eigenvalue weighted by molar-refractivity contribution is 14.1. The summed E-state index contributed by atoms with van der Waals surface area (Å²) < 4.78 is 28.2. The van der Waals surface area contributed by atoms with Gasteiger partial charge in [0.1, 0.15) is 0 Å². The first-order chi connectivity index (χ1) is 13.3. The smallest absolute Gasteiger partial charge is 0.307 e. The Morgan fingerprint density at radius 1 is 1.11 bits per heavy atom. The zero-order valence-corrected chi connectivity index (χ0v) is 19.2. The molecule has 0 aromatic heterocycles. The number of nitrogens with zero attached hydrogens (tertiary/aromatic N) is 1. The van der Waals surface area contributed by atoms with Crippen molar-refractivity contribution >= 4 is 44.3 Å². The average molecular weight is 517 g/mol. The number of hydrogen-bond donors (Lipinski definition) is 2. The summed E-state index contributed by atoms with van der Waals surface area (Å²) in [6, 6.07) is 1.69. The molecule has 1 heterocycles. The van der Waals surface area contributed by atoms with Crippen molar-refractivity contribution in [1.29, 1.82) is 0 Å². The maximum absolute atomic E-state index is 12.7. The van der Waals surface area contributed by atoms with E-state index in [1.165, 1.54) is 22.3 Å². The van der Waals surface area contributed by atoms with Crippen LogP contribution < -0.4 is 10.0 Å². The molecule has 2 N–H and O–H groups in total. The first-order valence-electron chi connectivity index (χ1n) is 10.2. The lowest BCUT2D eigenvalue weighted by atomic mass is 9.99. The summed E-state index contributed by atoms with van der Waals surface area (Å²) in [4.78, 5) is 14.9. The van der Waals surface area contributed by atoms with Gasteiger partial charge in [-0.05, 0) is 80.5 Å². The van der Waals surface area contributed by atoms with E-state index in [0.29, 0.717) is 16.9 Å². The highest BCUT2D eigenvalue weighted by Crippen LogP contribution is 2.38. The maximum atomic E-state index is 12.7. The van der Waals surface area contributed by atoms with Gasteiger partial charge in [0, 0.05) is 18.8 Å². The Balaban J connectivity index is 1.46. The number of rotatable bonds is 4. The van der Waals surface area contributed by atoms with E-state index in [1.54, 1.807) is 0 Å². The number of piperidine rings is 1. The summed E-state index contributed by atoms with van der Waals surface area (Å²) in [6.07, 6.45) is 7.32. The third-order valence-electron chi connectivity index (χ3n) is 6.37. The maximum Gasteiger partial charge on any atom is 0.332 e. The van der Waals surface area contributed by atoms with Gasteiger partial charge < -0.3 is 5.32 Å². The number of benzene rings is 1. The van der Waals surface area contributed by atoms with Crippen LogP contribution in [0.5, 0.6) is 0 Å². The number of likely N-dealkylation sites (tertiary alicyclic amines) is 1. The second-order valence-electron chi connectivity index (χ2n) is 8.14. The van der Waals surface area contributed by atoms with Gasteiger partial charge in [-0.1, -0.05) is 28.7 Å². The van der Waals surface area contributed by atoms with Crippen LogP contribution in [0.15, 0.2) is 6.07 Å². The number of carbonyl (C=O) groups excluding carboxylic acids is 1.